The Labute approximate surface area is 76.3 Å². The minimum atomic E-state index is -0.889. The summed E-state index contributed by atoms with van der Waals surface area (Å²) in [6.07, 6.45) is 0. The summed E-state index contributed by atoms with van der Waals surface area (Å²) >= 11 is 2.76. The van der Waals surface area contributed by atoms with E-state index in [2.05, 4.69) is 4.98 Å². The lowest BCUT2D eigenvalue weighted by Gasteiger charge is -1.83. The molecular weight excluding hydrogens is 194 g/mol. The fourth-order valence-corrected chi connectivity index (χ4v) is 2.81. The normalized spacial score (nSPS) is 10.8. The molecule has 2 aromatic rings. The molecule has 2 rings (SSSR count). The van der Waals surface area contributed by atoms with Gasteiger partial charge in [-0.2, -0.15) is 0 Å². The topological polar surface area (TPSA) is 50.2 Å². The van der Waals surface area contributed by atoms with Crippen molar-refractivity contribution in [3.8, 4) is 0 Å². The third-order valence-electron chi connectivity index (χ3n) is 1.45. The summed E-state index contributed by atoms with van der Waals surface area (Å²) in [6.45, 7) is 1.88. The number of hydrogen-bond donors (Lipinski definition) is 1. The second kappa shape index (κ2) is 2.53. The Morgan fingerprint density at radius 3 is 3.08 bits per heavy atom. The maximum absolute atomic E-state index is 10.7. The van der Waals surface area contributed by atoms with E-state index >= 15 is 0 Å². The van der Waals surface area contributed by atoms with Gasteiger partial charge in [-0.25, -0.2) is 9.78 Å². The average Bonchev–Trinajstić information content (AvgIpc) is 2.43. The Morgan fingerprint density at radius 1 is 1.67 bits per heavy atom. The first-order chi connectivity index (χ1) is 5.68. The molecule has 0 aliphatic heterocycles. The van der Waals surface area contributed by atoms with Crippen molar-refractivity contribution in [2.45, 2.75) is 6.92 Å². The number of thiophene rings is 1. The molecular formula is C7H5NO2S2. The first-order valence-corrected chi connectivity index (χ1v) is 4.96. The van der Waals surface area contributed by atoms with Crippen molar-refractivity contribution in [3.05, 3.63) is 15.3 Å². The second-order valence-corrected chi connectivity index (χ2v) is 4.43. The molecule has 5 heteroatoms. The third-order valence-corrected chi connectivity index (χ3v) is 3.48. The molecule has 0 unspecified atom stereocenters. The Balaban J connectivity index is 2.76. The number of aryl methyl sites for hydroxylation is 1. The Bertz CT molecular complexity index is 443. The van der Waals surface area contributed by atoms with Crippen LogP contribution in [0, 0.1) is 6.92 Å². The van der Waals surface area contributed by atoms with Crippen molar-refractivity contribution >= 4 is 38.9 Å². The van der Waals surface area contributed by atoms with E-state index in [1.807, 2.05) is 12.3 Å². The first kappa shape index (κ1) is 7.70. The quantitative estimate of drug-likeness (QED) is 0.767. The summed E-state index contributed by atoms with van der Waals surface area (Å²) in [4.78, 5) is 15.1. The van der Waals surface area contributed by atoms with Crippen LogP contribution in [0.3, 0.4) is 0 Å². The molecule has 0 atom stereocenters. The van der Waals surface area contributed by atoms with Gasteiger partial charge in [-0.1, -0.05) is 0 Å². The molecule has 0 bridgehead atoms. The molecule has 0 aromatic carbocycles. The molecule has 2 heterocycles. The predicted molar refractivity (Wildman–Crippen MR) is 49.2 cm³/mol. The SMILES string of the molecule is Cc1nc2c(C(=O)O)scc2s1. The number of fused-ring (bicyclic) bond motifs is 1. The van der Waals surface area contributed by atoms with Crippen LogP contribution in [0.25, 0.3) is 10.2 Å². The fourth-order valence-electron chi connectivity index (χ4n) is 1.01. The minimum absolute atomic E-state index is 0.342. The zero-order valence-electron chi connectivity index (χ0n) is 6.20. The molecule has 0 saturated heterocycles. The molecule has 0 fully saturated rings. The predicted octanol–water partition coefficient (Wildman–Crippen LogP) is 2.36. The molecule has 0 aliphatic rings. The van der Waals surface area contributed by atoms with Crippen molar-refractivity contribution in [2.75, 3.05) is 0 Å². The van der Waals surface area contributed by atoms with Crippen molar-refractivity contribution in [3.63, 3.8) is 0 Å². The third kappa shape index (κ3) is 1.02. The van der Waals surface area contributed by atoms with E-state index in [9.17, 15) is 4.79 Å². The van der Waals surface area contributed by atoms with E-state index < -0.39 is 5.97 Å². The van der Waals surface area contributed by atoms with Crippen LogP contribution in [0.1, 0.15) is 14.7 Å². The highest BCUT2D eigenvalue weighted by molar-refractivity contribution is 7.23. The maximum Gasteiger partial charge on any atom is 0.348 e. The van der Waals surface area contributed by atoms with Gasteiger partial charge in [0, 0.05) is 5.38 Å². The molecule has 0 spiro atoms. The molecule has 12 heavy (non-hydrogen) atoms. The highest BCUT2D eigenvalue weighted by Gasteiger charge is 2.14. The van der Waals surface area contributed by atoms with Crippen LogP contribution in [-0.2, 0) is 0 Å². The van der Waals surface area contributed by atoms with Crippen LogP contribution < -0.4 is 0 Å². The Hall–Kier alpha value is -0.940. The number of thiazole rings is 1. The van der Waals surface area contributed by atoms with Crippen LogP contribution in [0.2, 0.25) is 0 Å². The monoisotopic (exact) mass is 199 g/mol. The molecule has 0 saturated carbocycles. The van der Waals surface area contributed by atoms with Crippen LogP contribution in [0.4, 0.5) is 0 Å². The van der Waals surface area contributed by atoms with Crippen LogP contribution >= 0.6 is 22.7 Å². The standard InChI is InChI=1S/C7H5NO2S2/c1-3-8-5-4(12-3)2-11-6(5)7(9)10/h2H,1H3,(H,9,10). The van der Waals surface area contributed by atoms with Gasteiger partial charge in [-0.05, 0) is 6.92 Å². The van der Waals surface area contributed by atoms with Gasteiger partial charge < -0.3 is 5.11 Å². The van der Waals surface area contributed by atoms with Crippen molar-refractivity contribution in [1.82, 2.24) is 4.98 Å². The molecule has 0 radical (unpaired) electrons. The van der Waals surface area contributed by atoms with Crippen LogP contribution in [0.5, 0.6) is 0 Å². The largest absolute Gasteiger partial charge is 0.477 e. The van der Waals surface area contributed by atoms with Gasteiger partial charge in [-0.15, -0.1) is 22.7 Å². The van der Waals surface area contributed by atoms with Crippen molar-refractivity contribution in [2.24, 2.45) is 0 Å². The highest BCUT2D eigenvalue weighted by Crippen LogP contribution is 2.29. The number of aromatic nitrogens is 1. The second-order valence-electron chi connectivity index (χ2n) is 2.32. The van der Waals surface area contributed by atoms with Gasteiger partial charge in [-0.3, -0.25) is 0 Å². The molecule has 0 aliphatic carbocycles. The van der Waals surface area contributed by atoms with Gasteiger partial charge in [0.1, 0.15) is 10.4 Å². The van der Waals surface area contributed by atoms with Gasteiger partial charge >= 0.3 is 5.97 Å². The summed E-state index contributed by atoms with van der Waals surface area (Å²) in [6, 6.07) is 0. The Kier molecular flexibility index (Phi) is 1.62. The zero-order chi connectivity index (χ0) is 8.72. The number of hydrogen-bond acceptors (Lipinski definition) is 4. The molecule has 2 aromatic heterocycles. The zero-order valence-corrected chi connectivity index (χ0v) is 7.83. The van der Waals surface area contributed by atoms with E-state index in [0.717, 1.165) is 9.71 Å². The number of carboxylic acid groups (broad SMARTS) is 1. The molecule has 0 amide bonds. The van der Waals surface area contributed by atoms with Gasteiger partial charge in [0.25, 0.3) is 0 Å². The highest BCUT2D eigenvalue weighted by atomic mass is 32.1. The molecule has 1 N–H and O–H groups in total. The lowest BCUT2D eigenvalue weighted by Crippen LogP contribution is -1.92. The molecule has 3 nitrogen and oxygen atoms in total. The average molecular weight is 199 g/mol. The van der Waals surface area contributed by atoms with E-state index in [4.69, 9.17) is 5.11 Å². The van der Waals surface area contributed by atoms with E-state index in [1.54, 1.807) is 0 Å². The number of aromatic carboxylic acids is 1. The van der Waals surface area contributed by atoms with Crippen molar-refractivity contribution < 1.29 is 9.90 Å². The number of rotatable bonds is 1. The van der Waals surface area contributed by atoms with Gasteiger partial charge in [0.15, 0.2) is 0 Å². The summed E-state index contributed by atoms with van der Waals surface area (Å²) in [5, 5.41) is 11.5. The summed E-state index contributed by atoms with van der Waals surface area (Å²) in [7, 11) is 0. The Morgan fingerprint density at radius 2 is 2.42 bits per heavy atom. The van der Waals surface area contributed by atoms with E-state index in [1.165, 1.54) is 22.7 Å². The van der Waals surface area contributed by atoms with Gasteiger partial charge in [0.05, 0.1) is 9.71 Å². The summed E-state index contributed by atoms with van der Waals surface area (Å²) in [5.74, 6) is -0.889. The van der Waals surface area contributed by atoms with Crippen molar-refractivity contribution in [1.29, 1.82) is 0 Å². The lowest BCUT2D eigenvalue weighted by atomic mass is 10.4. The summed E-state index contributed by atoms with van der Waals surface area (Å²) < 4.78 is 0.968. The lowest BCUT2D eigenvalue weighted by molar-refractivity contribution is 0.0704. The van der Waals surface area contributed by atoms with Gasteiger partial charge in [0.2, 0.25) is 0 Å². The van der Waals surface area contributed by atoms with Crippen LogP contribution in [-0.4, -0.2) is 16.1 Å². The number of carboxylic acids is 1. The number of nitrogens with zero attached hydrogens (tertiary/aromatic N) is 1. The smallest absolute Gasteiger partial charge is 0.348 e. The van der Waals surface area contributed by atoms with Crippen LogP contribution in [0.15, 0.2) is 5.38 Å². The number of carbonyl (C=O) groups is 1. The first-order valence-electron chi connectivity index (χ1n) is 3.26. The maximum atomic E-state index is 10.7. The fraction of sp³-hybridized carbons (Fsp3) is 0.143. The van der Waals surface area contributed by atoms with E-state index in [0.29, 0.717) is 10.4 Å². The van der Waals surface area contributed by atoms with E-state index in [-0.39, 0.29) is 0 Å². The minimum Gasteiger partial charge on any atom is -0.477 e. The summed E-state index contributed by atoms with van der Waals surface area (Å²) in [5.41, 5.74) is 0.634. The molecule has 62 valence electrons.